The number of benzene rings is 1. The maximum atomic E-state index is 6.34. The molecule has 1 aromatic carbocycles. The summed E-state index contributed by atoms with van der Waals surface area (Å²) in [5.74, 6) is 1.53. The van der Waals surface area contributed by atoms with Crippen LogP contribution in [0.15, 0.2) is 75.9 Å². The smallest absolute Gasteiger partial charge is 0.187 e. The highest BCUT2D eigenvalue weighted by atomic mass is 32.2. The van der Waals surface area contributed by atoms with E-state index in [9.17, 15) is 0 Å². The lowest BCUT2D eigenvalue weighted by atomic mass is 9.98. The van der Waals surface area contributed by atoms with E-state index in [1.54, 1.807) is 31.9 Å². The number of furan rings is 1. The molecule has 0 unspecified atom stereocenters. The molecular weight excluding hydrogens is 408 g/mol. The van der Waals surface area contributed by atoms with E-state index in [2.05, 4.69) is 44.4 Å². The molecule has 0 aliphatic heterocycles. The van der Waals surface area contributed by atoms with Crippen molar-refractivity contribution in [3.05, 3.63) is 72.3 Å². The summed E-state index contributed by atoms with van der Waals surface area (Å²) >= 11 is 1.51. The van der Waals surface area contributed by atoms with Crippen LogP contribution in [0.4, 0.5) is 0 Å². The Hall–Kier alpha value is -3.45. The van der Waals surface area contributed by atoms with Crippen LogP contribution in [-0.2, 0) is 11.3 Å². The fourth-order valence-electron chi connectivity index (χ4n) is 3.86. The normalized spacial score (nSPS) is 14.1. The molecule has 1 aliphatic rings. The zero-order chi connectivity index (χ0) is 21.2. The molecule has 0 radical (unpaired) electrons. The van der Waals surface area contributed by atoms with Gasteiger partial charge in [0.1, 0.15) is 18.6 Å². The van der Waals surface area contributed by atoms with Crippen LogP contribution in [0.3, 0.4) is 0 Å². The lowest BCUT2D eigenvalue weighted by Gasteiger charge is -2.06. The Morgan fingerprint density at radius 2 is 1.74 bits per heavy atom. The van der Waals surface area contributed by atoms with E-state index in [1.165, 1.54) is 17.3 Å². The first-order chi connectivity index (χ1) is 15.3. The second kappa shape index (κ2) is 8.35. The molecule has 0 amide bonds. The van der Waals surface area contributed by atoms with Crippen LogP contribution in [0, 0.1) is 0 Å². The zero-order valence-corrected chi connectivity index (χ0v) is 18.0. The van der Waals surface area contributed by atoms with Gasteiger partial charge in [-0.05, 0) is 48.4 Å². The summed E-state index contributed by atoms with van der Waals surface area (Å²) < 4.78 is 6.34. The van der Waals surface area contributed by atoms with Crippen molar-refractivity contribution < 1.29 is 9.25 Å². The molecule has 0 bridgehead atoms. The van der Waals surface area contributed by atoms with Gasteiger partial charge in [0.25, 0.3) is 0 Å². The van der Waals surface area contributed by atoms with Crippen LogP contribution in [0.2, 0.25) is 0 Å². The van der Waals surface area contributed by atoms with E-state index in [-0.39, 0.29) is 0 Å². The Morgan fingerprint density at radius 3 is 2.48 bits per heavy atom. The van der Waals surface area contributed by atoms with E-state index in [0.29, 0.717) is 0 Å². The van der Waals surface area contributed by atoms with Crippen molar-refractivity contribution in [3.63, 3.8) is 0 Å². The zero-order valence-electron chi connectivity index (χ0n) is 17.2. The third-order valence-corrected chi connectivity index (χ3v) is 5.91. The number of hydrogen-bond acceptors (Lipinski definition) is 7. The molecule has 31 heavy (non-hydrogen) atoms. The molecule has 0 N–H and O–H groups in total. The second-order valence-electron chi connectivity index (χ2n) is 7.14. The molecule has 0 atom stereocenters. The molecule has 7 heteroatoms. The molecule has 6 nitrogen and oxygen atoms in total. The number of hydrogen-bond donors (Lipinski definition) is 0. The fraction of sp³-hybridized carbons (Fsp3) is 0.167. The molecule has 3 aromatic heterocycles. The van der Waals surface area contributed by atoms with Gasteiger partial charge in [0, 0.05) is 41.5 Å². The molecule has 0 saturated heterocycles. The van der Waals surface area contributed by atoms with Crippen molar-refractivity contribution in [3.8, 4) is 33.8 Å². The SMILES string of the molecule is CO/N=C1\CCc2cc(-c3cc(-c4cnc(SC)nc4)oc3-c3ccncc3)ccc21. The number of pyridine rings is 1. The van der Waals surface area contributed by atoms with Gasteiger partial charge in [0.15, 0.2) is 5.16 Å². The predicted molar refractivity (Wildman–Crippen MR) is 122 cm³/mol. The standard InChI is InChI=1S/C24H20N4O2S/c1-29-28-21-6-4-16-11-17(3-5-19(16)21)20-12-22(18-13-26-24(31-2)27-14-18)30-23(20)15-7-9-25-10-8-15/h3,5,7-14H,4,6H2,1-2H3/b28-21+. The van der Waals surface area contributed by atoms with Crippen molar-refractivity contribution >= 4 is 17.5 Å². The van der Waals surface area contributed by atoms with E-state index >= 15 is 0 Å². The number of rotatable bonds is 5. The molecule has 1 aliphatic carbocycles. The van der Waals surface area contributed by atoms with E-state index in [1.807, 2.05) is 18.4 Å². The van der Waals surface area contributed by atoms with Crippen molar-refractivity contribution in [2.75, 3.05) is 13.4 Å². The molecule has 4 aromatic rings. The first kappa shape index (κ1) is 19.5. The maximum Gasteiger partial charge on any atom is 0.187 e. The van der Waals surface area contributed by atoms with Gasteiger partial charge in [-0.15, -0.1) is 0 Å². The summed E-state index contributed by atoms with van der Waals surface area (Å²) in [4.78, 5) is 17.9. The molecule has 0 saturated carbocycles. The van der Waals surface area contributed by atoms with Crippen LogP contribution >= 0.6 is 11.8 Å². The van der Waals surface area contributed by atoms with Crippen LogP contribution in [0.25, 0.3) is 33.8 Å². The van der Waals surface area contributed by atoms with Gasteiger partial charge >= 0.3 is 0 Å². The number of aryl methyl sites for hydroxylation is 1. The summed E-state index contributed by atoms with van der Waals surface area (Å²) in [6.07, 6.45) is 10.9. The average molecular weight is 429 g/mol. The fourth-order valence-corrected chi connectivity index (χ4v) is 4.17. The molecule has 5 rings (SSSR count). The number of fused-ring (bicyclic) bond motifs is 1. The molecule has 3 heterocycles. The lowest BCUT2D eigenvalue weighted by Crippen LogP contribution is -1.95. The Labute approximate surface area is 184 Å². The van der Waals surface area contributed by atoms with Crippen molar-refractivity contribution in [1.82, 2.24) is 15.0 Å². The van der Waals surface area contributed by atoms with Crippen molar-refractivity contribution in [2.24, 2.45) is 5.16 Å². The minimum Gasteiger partial charge on any atom is -0.455 e. The van der Waals surface area contributed by atoms with Gasteiger partial charge in [-0.2, -0.15) is 0 Å². The maximum absolute atomic E-state index is 6.34. The summed E-state index contributed by atoms with van der Waals surface area (Å²) in [6.45, 7) is 0. The monoisotopic (exact) mass is 428 g/mol. The van der Waals surface area contributed by atoms with E-state index in [4.69, 9.17) is 9.25 Å². The number of aromatic nitrogens is 3. The van der Waals surface area contributed by atoms with Crippen molar-refractivity contribution in [2.45, 2.75) is 18.0 Å². The highest BCUT2D eigenvalue weighted by Crippen LogP contribution is 2.40. The first-order valence-corrected chi connectivity index (χ1v) is 11.1. The third-order valence-electron chi connectivity index (χ3n) is 5.33. The third kappa shape index (κ3) is 3.72. The number of oxime groups is 1. The van der Waals surface area contributed by atoms with Gasteiger partial charge in [-0.1, -0.05) is 35.1 Å². The highest BCUT2D eigenvalue weighted by Gasteiger charge is 2.22. The van der Waals surface area contributed by atoms with Gasteiger partial charge in [-0.25, -0.2) is 9.97 Å². The first-order valence-electron chi connectivity index (χ1n) is 9.91. The summed E-state index contributed by atoms with van der Waals surface area (Å²) in [6, 6.07) is 12.4. The van der Waals surface area contributed by atoms with Crippen LogP contribution in [-0.4, -0.2) is 34.0 Å². The minimum atomic E-state index is 0.733. The second-order valence-corrected chi connectivity index (χ2v) is 7.91. The Morgan fingerprint density at radius 1 is 0.935 bits per heavy atom. The van der Waals surface area contributed by atoms with E-state index in [0.717, 1.165) is 63.0 Å². The molecule has 154 valence electrons. The van der Waals surface area contributed by atoms with Gasteiger partial charge in [0.05, 0.1) is 11.3 Å². The molecule has 0 fully saturated rings. The summed E-state index contributed by atoms with van der Waals surface area (Å²) in [5.41, 5.74) is 7.36. The van der Waals surface area contributed by atoms with Crippen LogP contribution < -0.4 is 0 Å². The average Bonchev–Trinajstić information content (AvgIpc) is 3.44. The van der Waals surface area contributed by atoms with Gasteiger partial charge < -0.3 is 9.25 Å². The predicted octanol–water partition coefficient (Wildman–Crippen LogP) is 5.48. The largest absolute Gasteiger partial charge is 0.455 e. The number of nitrogens with zero attached hydrogens (tertiary/aromatic N) is 4. The number of thioether (sulfide) groups is 1. The Kier molecular flexibility index (Phi) is 5.26. The minimum absolute atomic E-state index is 0.733. The Balaban J connectivity index is 1.62. The quantitative estimate of drug-likeness (QED) is 0.238. The Bertz CT molecular complexity index is 1250. The van der Waals surface area contributed by atoms with E-state index < -0.39 is 0 Å². The molecular formula is C24H20N4O2S. The van der Waals surface area contributed by atoms with Gasteiger partial charge in [-0.3, -0.25) is 4.98 Å². The highest BCUT2D eigenvalue weighted by molar-refractivity contribution is 7.98. The van der Waals surface area contributed by atoms with Crippen molar-refractivity contribution in [1.29, 1.82) is 0 Å². The van der Waals surface area contributed by atoms with Gasteiger partial charge in [0.2, 0.25) is 0 Å². The summed E-state index contributed by atoms with van der Waals surface area (Å²) in [7, 11) is 1.59. The van der Waals surface area contributed by atoms with Crippen LogP contribution in [0.5, 0.6) is 0 Å². The lowest BCUT2D eigenvalue weighted by molar-refractivity contribution is 0.213. The van der Waals surface area contributed by atoms with Crippen LogP contribution in [0.1, 0.15) is 17.5 Å². The topological polar surface area (TPSA) is 73.4 Å². The summed E-state index contributed by atoms with van der Waals surface area (Å²) in [5, 5.41) is 4.90. The molecule has 0 spiro atoms.